The van der Waals surface area contributed by atoms with E-state index in [1.165, 1.54) is 0 Å². The first-order chi connectivity index (χ1) is 10.7. The van der Waals surface area contributed by atoms with Gasteiger partial charge in [0, 0.05) is 18.8 Å². The highest BCUT2D eigenvalue weighted by molar-refractivity contribution is 6.32. The van der Waals surface area contributed by atoms with Gasteiger partial charge in [-0.3, -0.25) is 0 Å². The Hall–Kier alpha value is -1.49. The average molecular weight is 324 g/mol. The molecule has 0 saturated heterocycles. The third-order valence-corrected chi connectivity index (χ3v) is 3.54. The number of ether oxygens (including phenoxy) is 2. The predicted octanol–water partition coefficient (Wildman–Crippen LogP) is 4.12. The molecule has 2 rings (SSSR count). The van der Waals surface area contributed by atoms with Gasteiger partial charge in [0.05, 0.1) is 18.7 Å². The van der Waals surface area contributed by atoms with E-state index in [9.17, 15) is 0 Å². The van der Waals surface area contributed by atoms with Crippen molar-refractivity contribution >= 4 is 11.6 Å². The molecular formula is C17H22ClNO3. The van der Waals surface area contributed by atoms with Gasteiger partial charge in [-0.15, -0.1) is 0 Å². The van der Waals surface area contributed by atoms with Crippen LogP contribution in [-0.4, -0.2) is 26.9 Å². The maximum absolute atomic E-state index is 6.14. The molecule has 1 aromatic carbocycles. The molecule has 1 aromatic heterocycles. The normalized spacial score (nSPS) is 10.9. The second-order valence-electron chi connectivity index (χ2n) is 4.84. The zero-order valence-corrected chi connectivity index (χ0v) is 13.8. The average Bonchev–Trinajstić information content (AvgIpc) is 2.99. The van der Waals surface area contributed by atoms with Crippen LogP contribution in [-0.2, 0) is 11.3 Å². The van der Waals surface area contributed by atoms with Gasteiger partial charge in [-0.1, -0.05) is 11.6 Å². The number of methoxy groups -OCH3 is 1. The SMILES string of the molecule is CCOCCCNCc1ccc(-c2ccc(OC)c(Cl)c2)o1. The van der Waals surface area contributed by atoms with Crippen LogP contribution < -0.4 is 10.1 Å². The molecule has 120 valence electrons. The van der Waals surface area contributed by atoms with Gasteiger partial charge in [0.2, 0.25) is 0 Å². The molecule has 0 aliphatic rings. The van der Waals surface area contributed by atoms with Crippen LogP contribution in [0.2, 0.25) is 5.02 Å². The van der Waals surface area contributed by atoms with Crippen molar-refractivity contribution in [3.8, 4) is 17.1 Å². The van der Waals surface area contributed by atoms with Gasteiger partial charge in [-0.2, -0.15) is 0 Å². The molecule has 0 unspecified atom stereocenters. The van der Waals surface area contributed by atoms with Crippen molar-refractivity contribution in [2.24, 2.45) is 0 Å². The first-order valence-corrected chi connectivity index (χ1v) is 7.83. The summed E-state index contributed by atoms with van der Waals surface area (Å²) in [6, 6.07) is 9.55. The number of rotatable bonds is 9. The zero-order valence-electron chi connectivity index (χ0n) is 13.0. The summed E-state index contributed by atoms with van der Waals surface area (Å²) in [7, 11) is 1.60. The summed E-state index contributed by atoms with van der Waals surface area (Å²) in [5.74, 6) is 2.36. The van der Waals surface area contributed by atoms with E-state index in [-0.39, 0.29) is 0 Å². The van der Waals surface area contributed by atoms with Crippen LogP contribution in [0, 0.1) is 0 Å². The van der Waals surface area contributed by atoms with Crippen LogP contribution in [0.5, 0.6) is 5.75 Å². The van der Waals surface area contributed by atoms with Gasteiger partial charge in [0.15, 0.2) is 0 Å². The van der Waals surface area contributed by atoms with E-state index in [1.54, 1.807) is 7.11 Å². The van der Waals surface area contributed by atoms with E-state index in [2.05, 4.69) is 5.32 Å². The topological polar surface area (TPSA) is 43.6 Å². The summed E-state index contributed by atoms with van der Waals surface area (Å²) < 4.78 is 16.3. The minimum Gasteiger partial charge on any atom is -0.495 e. The number of nitrogens with one attached hydrogen (secondary N) is 1. The molecule has 5 heteroatoms. The first-order valence-electron chi connectivity index (χ1n) is 7.45. The highest BCUT2D eigenvalue weighted by Gasteiger charge is 2.08. The zero-order chi connectivity index (χ0) is 15.8. The van der Waals surface area contributed by atoms with Crippen LogP contribution in [0.25, 0.3) is 11.3 Å². The van der Waals surface area contributed by atoms with E-state index < -0.39 is 0 Å². The Balaban J connectivity index is 1.87. The molecule has 0 bridgehead atoms. The lowest BCUT2D eigenvalue weighted by Gasteiger charge is -2.05. The molecule has 0 spiro atoms. The van der Waals surface area contributed by atoms with Gasteiger partial charge in [0.1, 0.15) is 17.3 Å². The number of furan rings is 1. The summed E-state index contributed by atoms with van der Waals surface area (Å²) in [5, 5.41) is 3.91. The van der Waals surface area contributed by atoms with Crippen LogP contribution in [0.15, 0.2) is 34.7 Å². The Morgan fingerprint density at radius 1 is 1.23 bits per heavy atom. The quantitative estimate of drug-likeness (QED) is 0.705. The molecule has 0 radical (unpaired) electrons. The lowest BCUT2D eigenvalue weighted by Crippen LogP contribution is -2.15. The first kappa shape index (κ1) is 16.9. The fourth-order valence-corrected chi connectivity index (χ4v) is 2.36. The minimum absolute atomic E-state index is 0.576. The van der Waals surface area contributed by atoms with Gasteiger partial charge >= 0.3 is 0 Å². The van der Waals surface area contributed by atoms with Crippen molar-refractivity contribution in [1.82, 2.24) is 5.32 Å². The van der Waals surface area contributed by atoms with Crippen LogP contribution in [0.3, 0.4) is 0 Å². The summed E-state index contributed by atoms with van der Waals surface area (Å²) in [6.45, 7) is 5.17. The highest BCUT2D eigenvalue weighted by Crippen LogP contribution is 2.31. The Kier molecular flexibility index (Phi) is 6.77. The van der Waals surface area contributed by atoms with E-state index in [4.69, 9.17) is 25.5 Å². The molecule has 22 heavy (non-hydrogen) atoms. The highest BCUT2D eigenvalue weighted by atomic mass is 35.5. The summed E-state index contributed by atoms with van der Waals surface area (Å²) in [6.07, 6.45) is 0.996. The third-order valence-electron chi connectivity index (χ3n) is 3.24. The van der Waals surface area contributed by atoms with Gasteiger partial charge in [0.25, 0.3) is 0 Å². The van der Waals surface area contributed by atoms with E-state index >= 15 is 0 Å². The Morgan fingerprint density at radius 3 is 2.82 bits per heavy atom. The standard InChI is InChI=1S/C17H22ClNO3/c1-3-21-10-4-9-19-12-14-6-8-16(22-14)13-5-7-17(20-2)15(18)11-13/h5-8,11,19H,3-4,9-10,12H2,1-2H3. The van der Waals surface area contributed by atoms with Crippen molar-refractivity contribution in [2.75, 3.05) is 26.9 Å². The number of halogens is 1. The molecule has 1 N–H and O–H groups in total. The second kappa shape index (κ2) is 8.83. The van der Waals surface area contributed by atoms with Crippen molar-refractivity contribution in [3.05, 3.63) is 41.1 Å². The van der Waals surface area contributed by atoms with E-state index in [1.807, 2.05) is 37.3 Å². The van der Waals surface area contributed by atoms with Crippen LogP contribution in [0.4, 0.5) is 0 Å². The second-order valence-corrected chi connectivity index (χ2v) is 5.25. The molecular weight excluding hydrogens is 302 g/mol. The molecule has 2 aromatic rings. The number of hydrogen-bond donors (Lipinski definition) is 1. The number of hydrogen-bond acceptors (Lipinski definition) is 4. The molecule has 0 atom stereocenters. The van der Waals surface area contributed by atoms with E-state index in [0.29, 0.717) is 17.3 Å². The Labute approximate surface area is 136 Å². The van der Waals surface area contributed by atoms with Crippen molar-refractivity contribution in [3.63, 3.8) is 0 Å². The Morgan fingerprint density at radius 2 is 2.09 bits per heavy atom. The van der Waals surface area contributed by atoms with Crippen molar-refractivity contribution < 1.29 is 13.9 Å². The lowest BCUT2D eigenvalue weighted by atomic mass is 10.2. The molecule has 0 aliphatic carbocycles. The minimum atomic E-state index is 0.576. The summed E-state index contributed by atoms with van der Waals surface area (Å²) >= 11 is 6.14. The summed E-state index contributed by atoms with van der Waals surface area (Å²) in [4.78, 5) is 0. The smallest absolute Gasteiger partial charge is 0.137 e. The fraction of sp³-hybridized carbons (Fsp3) is 0.412. The maximum atomic E-state index is 6.14. The molecule has 0 saturated carbocycles. The fourth-order valence-electron chi connectivity index (χ4n) is 2.10. The largest absolute Gasteiger partial charge is 0.495 e. The lowest BCUT2D eigenvalue weighted by molar-refractivity contribution is 0.144. The maximum Gasteiger partial charge on any atom is 0.137 e. The molecule has 0 aliphatic heterocycles. The van der Waals surface area contributed by atoms with Crippen LogP contribution >= 0.6 is 11.6 Å². The molecule has 1 heterocycles. The number of benzene rings is 1. The monoisotopic (exact) mass is 323 g/mol. The van der Waals surface area contributed by atoms with Crippen LogP contribution in [0.1, 0.15) is 19.1 Å². The molecule has 0 amide bonds. The third kappa shape index (κ3) is 4.77. The van der Waals surface area contributed by atoms with Gasteiger partial charge < -0.3 is 19.2 Å². The predicted molar refractivity (Wildman–Crippen MR) is 88.5 cm³/mol. The molecule has 0 fully saturated rings. The van der Waals surface area contributed by atoms with E-state index in [0.717, 1.165) is 43.3 Å². The summed E-state index contributed by atoms with van der Waals surface area (Å²) in [5.41, 5.74) is 0.938. The van der Waals surface area contributed by atoms with Gasteiger partial charge in [-0.25, -0.2) is 0 Å². The van der Waals surface area contributed by atoms with Crippen molar-refractivity contribution in [2.45, 2.75) is 19.9 Å². The van der Waals surface area contributed by atoms with Gasteiger partial charge in [-0.05, 0) is 50.2 Å². The molecule has 4 nitrogen and oxygen atoms in total. The Bertz CT molecular complexity index is 583. The van der Waals surface area contributed by atoms with Crippen molar-refractivity contribution in [1.29, 1.82) is 0 Å².